The summed E-state index contributed by atoms with van der Waals surface area (Å²) in [5.74, 6) is -2.58. The van der Waals surface area contributed by atoms with Gasteiger partial charge in [-0.3, -0.25) is 0 Å². The molecule has 0 aromatic carbocycles. The van der Waals surface area contributed by atoms with Gasteiger partial charge in [-0.2, -0.15) is 4.39 Å². The number of aliphatic carboxylic acids is 1. The van der Waals surface area contributed by atoms with Gasteiger partial charge in [0.05, 0.1) is 6.61 Å². The largest absolute Gasteiger partial charge is 0.476 e. The van der Waals surface area contributed by atoms with E-state index in [0.717, 1.165) is 0 Å². The van der Waals surface area contributed by atoms with E-state index in [1.54, 1.807) is 0 Å². The highest BCUT2D eigenvalue weighted by molar-refractivity contribution is 5.84. The molecule has 4 heteroatoms. The van der Waals surface area contributed by atoms with Crippen LogP contribution in [0.5, 0.6) is 0 Å². The van der Waals surface area contributed by atoms with Gasteiger partial charge in [0.25, 0.3) is 0 Å². The fourth-order valence-corrected chi connectivity index (χ4v) is 1.22. The third kappa shape index (κ3) is 1.82. The Bertz CT molecular complexity index is 216. The van der Waals surface area contributed by atoms with Crippen LogP contribution in [-0.4, -0.2) is 24.3 Å². The first-order valence-corrected chi connectivity index (χ1v) is 3.80. The number of rotatable bonds is 2. The van der Waals surface area contributed by atoms with Crippen molar-refractivity contribution in [1.82, 2.24) is 0 Å². The minimum Gasteiger partial charge on any atom is -0.476 e. The van der Waals surface area contributed by atoms with E-state index in [1.165, 1.54) is 6.92 Å². The molecule has 12 heavy (non-hydrogen) atoms. The molecule has 1 aliphatic rings. The Kier molecular flexibility index (Phi) is 2.81. The fourth-order valence-electron chi connectivity index (χ4n) is 1.22. The van der Waals surface area contributed by atoms with E-state index in [9.17, 15) is 9.18 Å². The maximum Gasteiger partial charge on any atom is 0.364 e. The highest BCUT2D eigenvalue weighted by atomic mass is 19.1. The summed E-state index contributed by atoms with van der Waals surface area (Å²) in [4.78, 5) is 10.2. The first-order chi connectivity index (χ1) is 5.63. The lowest BCUT2D eigenvalue weighted by Gasteiger charge is -2.07. The maximum atomic E-state index is 12.8. The summed E-state index contributed by atoms with van der Waals surface area (Å²) in [7, 11) is 0. The molecule has 1 saturated heterocycles. The van der Waals surface area contributed by atoms with Crippen LogP contribution in [0, 0.1) is 5.92 Å². The van der Waals surface area contributed by atoms with Crippen LogP contribution >= 0.6 is 0 Å². The van der Waals surface area contributed by atoms with E-state index >= 15 is 0 Å². The predicted octanol–water partition coefficient (Wildman–Crippen LogP) is 1.35. The summed E-state index contributed by atoms with van der Waals surface area (Å²) in [6.07, 6.45) is 0.715. The van der Waals surface area contributed by atoms with Crippen molar-refractivity contribution in [3.8, 4) is 0 Å². The molecular formula is C8H11FO3. The van der Waals surface area contributed by atoms with E-state index in [0.29, 0.717) is 25.2 Å². The van der Waals surface area contributed by atoms with Gasteiger partial charge in [0.15, 0.2) is 0 Å². The molecule has 0 amide bonds. The van der Waals surface area contributed by atoms with Crippen molar-refractivity contribution in [3.05, 3.63) is 11.4 Å². The molecule has 1 heterocycles. The first kappa shape index (κ1) is 9.19. The Morgan fingerprint density at radius 1 is 1.67 bits per heavy atom. The number of hydrogen-bond donors (Lipinski definition) is 1. The average Bonchev–Trinajstić information content (AvgIpc) is 2.53. The summed E-state index contributed by atoms with van der Waals surface area (Å²) in [6, 6.07) is 0. The van der Waals surface area contributed by atoms with Crippen LogP contribution in [0.25, 0.3) is 0 Å². The predicted molar refractivity (Wildman–Crippen MR) is 40.4 cm³/mol. The van der Waals surface area contributed by atoms with Gasteiger partial charge in [0, 0.05) is 12.5 Å². The third-order valence-corrected chi connectivity index (χ3v) is 2.08. The molecule has 1 aliphatic heterocycles. The Morgan fingerprint density at radius 3 is 2.75 bits per heavy atom. The summed E-state index contributed by atoms with van der Waals surface area (Å²) in [6.45, 7) is 2.53. The van der Waals surface area contributed by atoms with Crippen molar-refractivity contribution in [1.29, 1.82) is 0 Å². The van der Waals surface area contributed by atoms with Crippen molar-refractivity contribution in [3.63, 3.8) is 0 Å². The molecule has 0 aromatic rings. The fraction of sp³-hybridized carbons (Fsp3) is 0.625. The molecule has 0 saturated carbocycles. The van der Waals surface area contributed by atoms with Gasteiger partial charge in [-0.05, 0) is 18.9 Å². The van der Waals surface area contributed by atoms with Crippen LogP contribution in [-0.2, 0) is 9.53 Å². The monoisotopic (exact) mass is 174 g/mol. The first-order valence-electron chi connectivity index (χ1n) is 3.80. The molecule has 1 unspecified atom stereocenters. The zero-order chi connectivity index (χ0) is 9.14. The van der Waals surface area contributed by atoms with E-state index in [4.69, 9.17) is 9.84 Å². The van der Waals surface area contributed by atoms with Gasteiger partial charge in [-0.25, -0.2) is 4.79 Å². The van der Waals surface area contributed by atoms with Crippen molar-refractivity contribution >= 4 is 5.97 Å². The van der Waals surface area contributed by atoms with Crippen molar-refractivity contribution in [2.45, 2.75) is 13.3 Å². The summed E-state index contributed by atoms with van der Waals surface area (Å²) < 4.78 is 17.8. The van der Waals surface area contributed by atoms with Crippen LogP contribution in [0.4, 0.5) is 4.39 Å². The summed E-state index contributed by atoms with van der Waals surface area (Å²) in [5.41, 5.74) is 0.292. The Morgan fingerprint density at radius 2 is 2.33 bits per heavy atom. The van der Waals surface area contributed by atoms with Crippen LogP contribution in [0.2, 0.25) is 0 Å². The Balaban J connectivity index is 2.72. The van der Waals surface area contributed by atoms with E-state index < -0.39 is 11.8 Å². The van der Waals surface area contributed by atoms with Crippen LogP contribution < -0.4 is 0 Å². The molecule has 1 rings (SSSR count). The lowest BCUT2D eigenvalue weighted by Crippen LogP contribution is -2.07. The molecule has 1 fully saturated rings. The molecule has 0 aliphatic carbocycles. The highest BCUT2D eigenvalue weighted by Gasteiger charge is 2.22. The molecule has 68 valence electrons. The molecule has 1 N–H and O–H groups in total. The van der Waals surface area contributed by atoms with Gasteiger partial charge in [0.2, 0.25) is 5.83 Å². The number of hydrogen-bond acceptors (Lipinski definition) is 2. The quantitative estimate of drug-likeness (QED) is 0.643. The molecular weight excluding hydrogens is 163 g/mol. The van der Waals surface area contributed by atoms with Crippen LogP contribution in [0.1, 0.15) is 13.3 Å². The number of halogens is 1. The van der Waals surface area contributed by atoms with E-state index in [-0.39, 0.29) is 5.92 Å². The molecule has 0 bridgehead atoms. The third-order valence-electron chi connectivity index (χ3n) is 2.08. The summed E-state index contributed by atoms with van der Waals surface area (Å²) >= 11 is 0. The molecule has 0 spiro atoms. The van der Waals surface area contributed by atoms with E-state index in [1.807, 2.05) is 0 Å². The standard InChI is InChI=1S/C8H11FO3/c1-5(7(9)8(10)11)6-2-3-12-4-6/h6H,2-4H2,1H3,(H,10,11). The number of ether oxygens (including phenoxy) is 1. The zero-order valence-electron chi connectivity index (χ0n) is 6.84. The SMILES string of the molecule is CC(=C(F)C(=O)O)C1CCOC1. The lowest BCUT2D eigenvalue weighted by atomic mass is 9.99. The van der Waals surface area contributed by atoms with Crippen molar-refractivity contribution in [2.24, 2.45) is 5.92 Å². The highest BCUT2D eigenvalue weighted by Crippen LogP contribution is 2.24. The number of carboxylic acids is 1. The Labute approximate surface area is 69.8 Å². The Hall–Kier alpha value is -0.900. The molecule has 3 nitrogen and oxygen atoms in total. The van der Waals surface area contributed by atoms with E-state index in [2.05, 4.69) is 0 Å². The number of carboxylic acid groups (broad SMARTS) is 1. The second-order valence-corrected chi connectivity index (χ2v) is 2.86. The minimum absolute atomic E-state index is 0.0545. The minimum atomic E-state index is -1.49. The maximum absolute atomic E-state index is 12.8. The molecule has 0 radical (unpaired) electrons. The normalized spacial score (nSPS) is 25.3. The molecule has 1 atom stereocenters. The molecule has 0 aromatic heterocycles. The van der Waals surface area contributed by atoms with Crippen LogP contribution in [0.3, 0.4) is 0 Å². The lowest BCUT2D eigenvalue weighted by molar-refractivity contribution is -0.134. The summed E-state index contributed by atoms with van der Waals surface area (Å²) in [5, 5.41) is 8.34. The van der Waals surface area contributed by atoms with Gasteiger partial charge in [0.1, 0.15) is 0 Å². The van der Waals surface area contributed by atoms with Gasteiger partial charge < -0.3 is 9.84 Å². The second kappa shape index (κ2) is 3.67. The smallest absolute Gasteiger partial charge is 0.364 e. The van der Waals surface area contributed by atoms with Gasteiger partial charge in [-0.1, -0.05) is 0 Å². The zero-order valence-corrected chi connectivity index (χ0v) is 6.84. The van der Waals surface area contributed by atoms with Gasteiger partial charge >= 0.3 is 5.97 Å². The number of carbonyl (C=O) groups is 1. The van der Waals surface area contributed by atoms with Crippen molar-refractivity contribution < 1.29 is 19.0 Å². The average molecular weight is 174 g/mol. The second-order valence-electron chi connectivity index (χ2n) is 2.86. The topological polar surface area (TPSA) is 46.5 Å². The van der Waals surface area contributed by atoms with Crippen molar-refractivity contribution in [2.75, 3.05) is 13.2 Å². The van der Waals surface area contributed by atoms with Crippen LogP contribution in [0.15, 0.2) is 11.4 Å². The van der Waals surface area contributed by atoms with Gasteiger partial charge in [-0.15, -0.1) is 0 Å².